The molecule has 5 N–H and O–H groups in total. The highest BCUT2D eigenvalue weighted by atomic mass is 32.2. The zero-order valence-corrected chi connectivity index (χ0v) is 32.3. The summed E-state index contributed by atoms with van der Waals surface area (Å²) in [6, 6.07) is 12.3. The molecule has 0 bridgehead atoms. The maximum absolute atomic E-state index is 14.2. The quantitative estimate of drug-likeness (QED) is 0.187. The smallest absolute Gasteiger partial charge is 0.244 e. The lowest BCUT2D eigenvalue weighted by atomic mass is 9.72. The van der Waals surface area contributed by atoms with E-state index in [2.05, 4.69) is 26.2 Å². The van der Waals surface area contributed by atoms with Gasteiger partial charge in [0.15, 0.2) is 9.84 Å². The van der Waals surface area contributed by atoms with Gasteiger partial charge in [-0.3, -0.25) is 19.3 Å². The summed E-state index contributed by atoms with van der Waals surface area (Å²) in [6.07, 6.45) is 5.23. The molecule has 2 aliphatic rings. The van der Waals surface area contributed by atoms with E-state index in [-0.39, 0.29) is 37.8 Å². The number of carbonyl (C=O) groups is 3. The molecule has 2 fully saturated rings. The summed E-state index contributed by atoms with van der Waals surface area (Å²) in [5.74, 6) is -0.983. The van der Waals surface area contributed by atoms with E-state index >= 15 is 0 Å². The van der Waals surface area contributed by atoms with Crippen LogP contribution in [0.1, 0.15) is 77.8 Å². The van der Waals surface area contributed by atoms with Crippen LogP contribution in [0.2, 0.25) is 0 Å². The fraction of sp³-hybridized carbons (Fsp3) is 0.615. The van der Waals surface area contributed by atoms with E-state index in [0.29, 0.717) is 24.8 Å². The summed E-state index contributed by atoms with van der Waals surface area (Å²) in [5, 5.41) is 23.6. The Bertz CT molecular complexity index is 1620. The second kappa shape index (κ2) is 17.6. The molecule has 1 saturated carbocycles. The predicted octanol–water partition coefficient (Wildman–Crippen LogP) is 3.11. The molecule has 4 rings (SSSR count). The Morgan fingerprint density at radius 3 is 2.17 bits per heavy atom. The molecule has 1 saturated heterocycles. The number of hydrogen-bond donors (Lipinski definition) is 5. The van der Waals surface area contributed by atoms with Crippen LogP contribution < -0.4 is 21.3 Å². The Morgan fingerprint density at radius 2 is 1.56 bits per heavy atom. The number of likely N-dealkylation sites (tertiary alicyclic amines) is 1. The Hall–Kier alpha value is -3.39. The van der Waals surface area contributed by atoms with Gasteiger partial charge in [-0.15, -0.1) is 0 Å². The van der Waals surface area contributed by atoms with Crippen molar-refractivity contribution in [3.05, 3.63) is 71.5 Å². The van der Waals surface area contributed by atoms with Gasteiger partial charge in [-0.05, 0) is 89.0 Å². The molecule has 52 heavy (non-hydrogen) atoms. The molecule has 1 aliphatic carbocycles. The second-order valence-corrected chi connectivity index (χ2v) is 18.8. The van der Waals surface area contributed by atoms with Gasteiger partial charge in [0.1, 0.15) is 11.9 Å². The molecular weight excluding hydrogens is 686 g/mol. The minimum Gasteiger partial charge on any atom is -0.390 e. The van der Waals surface area contributed by atoms with Gasteiger partial charge in [-0.25, -0.2) is 12.8 Å². The van der Waals surface area contributed by atoms with Gasteiger partial charge in [0.2, 0.25) is 17.7 Å². The Labute approximate surface area is 308 Å². The fourth-order valence-electron chi connectivity index (χ4n) is 7.32. The summed E-state index contributed by atoms with van der Waals surface area (Å²) in [6.45, 7) is 9.38. The molecule has 0 spiro atoms. The largest absolute Gasteiger partial charge is 0.390 e. The van der Waals surface area contributed by atoms with Crippen LogP contribution in [0.3, 0.4) is 0 Å². The Balaban J connectivity index is 1.55. The van der Waals surface area contributed by atoms with Crippen molar-refractivity contribution in [2.75, 3.05) is 25.9 Å². The van der Waals surface area contributed by atoms with E-state index in [1.54, 1.807) is 12.1 Å². The first kappa shape index (κ1) is 41.4. The average Bonchev–Trinajstić information content (AvgIpc) is 3.06. The normalized spacial score (nSPS) is 21.7. The zero-order chi connectivity index (χ0) is 38.3. The highest BCUT2D eigenvalue weighted by molar-refractivity contribution is 7.92. The topological polar surface area (TPSA) is 157 Å². The Kier molecular flexibility index (Phi) is 14.0. The fourth-order valence-corrected chi connectivity index (χ4v) is 7.91. The number of rotatable bonds is 15. The average molecular weight is 744 g/mol. The monoisotopic (exact) mass is 743 g/mol. The minimum absolute atomic E-state index is 0.0851. The molecule has 1 aliphatic heterocycles. The number of carbonyl (C=O) groups excluding carboxylic acids is 3. The van der Waals surface area contributed by atoms with Crippen molar-refractivity contribution in [3.8, 4) is 0 Å². The van der Waals surface area contributed by atoms with Crippen molar-refractivity contribution in [2.45, 2.75) is 114 Å². The van der Waals surface area contributed by atoms with Crippen LogP contribution in [0.5, 0.6) is 0 Å². The zero-order valence-electron chi connectivity index (χ0n) is 31.5. The maximum atomic E-state index is 14.2. The van der Waals surface area contributed by atoms with Crippen LogP contribution >= 0.6 is 0 Å². The number of aliphatic hydroxyl groups is 1. The van der Waals surface area contributed by atoms with Gasteiger partial charge >= 0.3 is 0 Å². The third-order valence-corrected chi connectivity index (χ3v) is 12.7. The number of β-amino-alcohol motifs (C(OH)–C–C–N with tert-alkyl or cyclic N) is 1. The van der Waals surface area contributed by atoms with Gasteiger partial charge in [-0.2, -0.15) is 0 Å². The molecule has 3 unspecified atom stereocenters. The van der Waals surface area contributed by atoms with Crippen LogP contribution in [0.15, 0.2) is 54.6 Å². The van der Waals surface area contributed by atoms with Crippen molar-refractivity contribution in [1.82, 2.24) is 26.2 Å². The molecular formula is C39H58FN5O6S. The van der Waals surface area contributed by atoms with E-state index in [9.17, 15) is 32.3 Å². The van der Waals surface area contributed by atoms with Crippen LogP contribution in [0, 0.1) is 17.7 Å². The van der Waals surface area contributed by atoms with Gasteiger partial charge in [0, 0.05) is 31.4 Å². The van der Waals surface area contributed by atoms with Crippen LogP contribution in [-0.2, 0) is 37.2 Å². The molecule has 3 amide bonds. The summed E-state index contributed by atoms with van der Waals surface area (Å²) in [5.41, 5.74) is 1.15. The first-order valence-electron chi connectivity index (χ1n) is 18.4. The number of halogens is 1. The Morgan fingerprint density at radius 1 is 0.923 bits per heavy atom. The van der Waals surface area contributed by atoms with E-state index in [1.165, 1.54) is 26.0 Å². The van der Waals surface area contributed by atoms with Gasteiger partial charge in [0.05, 0.1) is 29.5 Å². The molecule has 6 atom stereocenters. The summed E-state index contributed by atoms with van der Waals surface area (Å²) in [7, 11) is -3.89. The third-order valence-electron chi connectivity index (χ3n) is 10.6. The molecule has 0 aromatic heterocycles. The number of sulfone groups is 1. The van der Waals surface area contributed by atoms with E-state index in [4.69, 9.17) is 0 Å². The first-order valence-corrected chi connectivity index (χ1v) is 20.3. The van der Waals surface area contributed by atoms with Crippen LogP contribution in [-0.4, -0.2) is 96.6 Å². The predicted molar refractivity (Wildman–Crippen MR) is 200 cm³/mol. The number of benzene rings is 2. The van der Waals surface area contributed by atoms with E-state index in [0.717, 1.165) is 43.1 Å². The first-order chi connectivity index (χ1) is 24.3. The molecule has 0 radical (unpaired) electrons. The van der Waals surface area contributed by atoms with Crippen LogP contribution in [0.25, 0.3) is 0 Å². The second-order valence-electron chi connectivity index (χ2n) is 16.2. The molecule has 13 heteroatoms. The van der Waals surface area contributed by atoms with Crippen LogP contribution in [0.4, 0.5) is 4.39 Å². The minimum atomic E-state index is -3.89. The van der Waals surface area contributed by atoms with Gasteiger partial charge in [0.25, 0.3) is 0 Å². The van der Waals surface area contributed by atoms with Gasteiger partial charge in [-0.1, -0.05) is 61.7 Å². The lowest BCUT2D eigenvalue weighted by Crippen LogP contribution is -2.64. The lowest BCUT2D eigenvalue weighted by Gasteiger charge is -2.47. The molecule has 2 aromatic rings. The SMILES string of the molecule is CC(C)(C)NC(=O)C1C[C@@H]2CCCC[C@@H]2CN1CC(O)C(Cc1ccccc1)NC(=O)[C@@H](NC(=O)CNCc1ccc(F)cc1)C(C)(C)S(C)(=O)=O. The maximum Gasteiger partial charge on any atom is 0.244 e. The lowest BCUT2D eigenvalue weighted by molar-refractivity contribution is -0.133. The summed E-state index contributed by atoms with van der Waals surface area (Å²) < 4.78 is 37.6. The number of hydrogen-bond acceptors (Lipinski definition) is 8. The molecule has 288 valence electrons. The third kappa shape index (κ3) is 11.6. The highest BCUT2D eigenvalue weighted by Crippen LogP contribution is 2.39. The van der Waals surface area contributed by atoms with Crippen molar-refractivity contribution in [2.24, 2.45) is 11.8 Å². The highest BCUT2D eigenvalue weighted by Gasteiger charge is 2.46. The molecule has 1 heterocycles. The number of amides is 3. The van der Waals surface area contributed by atoms with E-state index in [1.807, 2.05) is 51.1 Å². The van der Waals surface area contributed by atoms with Crippen molar-refractivity contribution in [1.29, 1.82) is 0 Å². The van der Waals surface area contributed by atoms with Crippen molar-refractivity contribution < 1.29 is 32.3 Å². The number of nitrogens with zero attached hydrogens (tertiary/aromatic N) is 1. The van der Waals surface area contributed by atoms with Crippen molar-refractivity contribution in [3.63, 3.8) is 0 Å². The molecule has 11 nitrogen and oxygen atoms in total. The van der Waals surface area contributed by atoms with E-state index < -0.39 is 56.2 Å². The number of nitrogens with one attached hydrogen (secondary N) is 4. The molecule has 2 aromatic carbocycles. The number of piperidine rings is 1. The summed E-state index contributed by atoms with van der Waals surface area (Å²) >= 11 is 0. The van der Waals surface area contributed by atoms with Crippen molar-refractivity contribution >= 4 is 27.6 Å². The number of aliphatic hydroxyl groups excluding tert-OH is 1. The standard InChI is InChI=1S/C39H58FN5O6S/c1-38(2,3)44-36(48)32-21-28-14-10-11-15-29(28)24-45(32)25-33(46)31(20-26-12-8-7-9-13-26)42-37(49)35(39(4,5)52(6,50)51)43-34(47)23-41-22-27-16-18-30(40)19-17-27/h7-9,12-13,16-19,28-29,31-33,35,41,46H,10-11,14-15,20-25H2,1-6H3,(H,42,49)(H,43,47)(H,44,48)/t28-,29+,31?,32?,33?,35+/m0/s1. The summed E-state index contributed by atoms with van der Waals surface area (Å²) in [4.78, 5) is 43.1. The number of fused-ring (bicyclic) bond motifs is 1. The van der Waals surface area contributed by atoms with Gasteiger partial charge < -0.3 is 26.4 Å².